The molecule has 0 saturated carbocycles. The fraction of sp³-hybridized carbons (Fsp3) is 0.900. The van der Waals surface area contributed by atoms with Crippen molar-refractivity contribution in [1.82, 2.24) is 4.90 Å². The first-order chi connectivity index (χ1) is 6.70. The van der Waals surface area contributed by atoms with Gasteiger partial charge in [0.05, 0.1) is 0 Å². The monoisotopic (exact) mass is 217 g/mol. The number of esters is 1. The van der Waals surface area contributed by atoms with Crippen LogP contribution < -0.4 is 0 Å². The molecule has 3 nitrogen and oxygen atoms in total. The van der Waals surface area contributed by atoms with Gasteiger partial charge in [-0.05, 0) is 32.7 Å². The van der Waals surface area contributed by atoms with Crippen LogP contribution in [0, 0.1) is 0 Å². The molecule has 0 radical (unpaired) electrons. The average molecular weight is 218 g/mol. The number of fused-ring (bicyclic) bond motifs is 2. The van der Waals surface area contributed by atoms with Crippen molar-refractivity contribution in [2.24, 2.45) is 0 Å². The van der Waals surface area contributed by atoms with E-state index in [0.29, 0.717) is 12.1 Å². The predicted molar refractivity (Wildman–Crippen MR) is 54.4 cm³/mol. The molecule has 2 bridgehead atoms. The highest BCUT2D eigenvalue weighted by Gasteiger charge is 2.39. The number of ether oxygens (including phenoxy) is 1. The molecule has 2 unspecified atom stereocenters. The molecule has 2 aliphatic heterocycles. The molecule has 2 saturated heterocycles. The van der Waals surface area contributed by atoms with E-state index in [-0.39, 0.29) is 18.0 Å². The van der Waals surface area contributed by atoms with Gasteiger partial charge < -0.3 is 9.64 Å². The van der Waals surface area contributed by atoms with Crippen LogP contribution in [0.25, 0.3) is 0 Å². The summed E-state index contributed by atoms with van der Waals surface area (Å²) < 4.78 is 5.27. The predicted octanol–water partition coefficient (Wildman–Crippen LogP) is 1.39. The minimum absolute atomic E-state index is 0.0261. The maximum absolute atomic E-state index is 11.0. The first-order valence-corrected chi connectivity index (χ1v) is 5.71. The third-order valence-electron chi connectivity index (χ3n) is 3.46. The molecule has 2 aliphatic rings. The maximum Gasteiger partial charge on any atom is 0.321 e. The van der Waals surface area contributed by atoms with E-state index in [1.165, 1.54) is 12.8 Å². The van der Waals surface area contributed by atoms with E-state index in [0.717, 1.165) is 12.8 Å². The molecule has 2 atom stereocenters. The highest BCUT2D eigenvalue weighted by Crippen LogP contribution is 2.35. The number of carbonyl (C=O) groups is 1. The lowest BCUT2D eigenvalue weighted by Crippen LogP contribution is -2.43. The van der Waals surface area contributed by atoms with Crippen molar-refractivity contribution in [1.29, 1.82) is 0 Å². The molecular weight excluding hydrogens is 202 g/mol. The molecule has 14 heavy (non-hydrogen) atoms. The van der Waals surface area contributed by atoms with E-state index in [1.807, 2.05) is 0 Å². The van der Waals surface area contributed by atoms with E-state index in [2.05, 4.69) is 11.9 Å². The second kappa shape index (κ2) is 4.07. The van der Waals surface area contributed by atoms with Crippen LogP contribution in [0.15, 0.2) is 0 Å². The molecule has 0 aromatic carbocycles. The Balaban J connectivity index is 1.90. The summed E-state index contributed by atoms with van der Waals surface area (Å²) in [6, 6.07) is 1.23. The van der Waals surface area contributed by atoms with Gasteiger partial charge in [-0.15, -0.1) is 11.6 Å². The number of hydrogen-bond acceptors (Lipinski definition) is 3. The van der Waals surface area contributed by atoms with E-state index in [9.17, 15) is 4.79 Å². The first-order valence-electron chi connectivity index (χ1n) is 5.18. The summed E-state index contributed by atoms with van der Waals surface area (Å²) >= 11 is 5.40. The maximum atomic E-state index is 11.0. The fourth-order valence-corrected chi connectivity index (χ4v) is 2.74. The smallest absolute Gasteiger partial charge is 0.321 e. The quantitative estimate of drug-likeness (QED) is 0.517. The standard InChI is InChI=1S/C10H16ClNO2/c1-12-7-2-3-8(12)5-9(4-7)14-10(13)6-11/h7-9H,2-6H2,1H3. The Morgan fingerprint density at radius 1 is 1.43 bits per heavy atom. The van der Waals surface area contributed by atoms with Crippen molar-refractivity contribution >= 4 is 17.6 Å². The van der Waals surface area contributed by atoms with Gasteiger partial charge in [0.25, 0.3) is 0 Å². The Hall–Kier alpha value is -0.280. The van der Waals surface area contributed by atoms with Crippen LogP contribution in [-0.4, -0.2) is 42.0 Å². The molecule has 2 fully saturated rings. The van der Waals surface area contributed by atoms with Crippen LogP contribution in [0.4, 0.5) is 0 Å². The number of hydrogen-bond donors (Lipinski definition) is 0. The summed E-state index contributed by atoms with van der Waals surface area (Å²) in [4.78, 5) is 13.4. The van der Waals surface area contributed by atoms with Crippen molar-refractivity contribution in [2.75, 3.05) is 12.9 Å². The molecule has 0 aliphatic carbocycles. The van der Waals surface area contributed by atoms with Crippen LogP contribution >= 0.6 is 11.6 Å². The van der Waals surface area contributed by atoms with Gasteiger partial charge in [-0.25, -0.2) is 0 Å². The Labute approximate surface area is 89.4 Å². The Morgan fingerprint density at radius 2 is 2.00 bits per heavy atom. The van der Waals surface area contributed by atoms with Crippen molar-refractivity contribution in [3.8, 4) is 0 Å². The number of nitrogens with zero attached hydrogens (tertiary/aromatic N) is 1. The third kappa shape index (κ3) is 1.89. The lowest BCUT2D eigenvalue weighted by Gasteiger charge is -2.35. The van der Waals surface area contributed by atoms with Crippen LogP contribution in [0.2, 0.25) is 0 Å². The average Bonchev–Trinajstić information content (AvgIpc) is 2.42. The Bertz CT molecular complexity index is 220. The molecule has 2 rings (SSSR count). The summed E-state index contributed by atoms with van der Waals surface area (Å²) in [5.41, 5.74) is 0. The largest absolute Gasteiger partial charge is 0.461 e. The summed E-state index contributed by atoms with van der Waals surface area (Å²) in [5.74, 6) is -0.303. The molecule has 80 valence electrons. The van der Waals surface area contributed by atoms with Gasteiger partial charge in [0, 0.05) is 12.1 Å². The Morgan fingerprint density at radius 3 is 2.50 bits per heavy atom. The van der Waals surface area contributed by atoms with Crippen LogP contribution in [-0.2, 0) is 9.53 Å². The summed E-state index contributed by atoms with van der Waals surface area (Å²) in [6.07, 6.45) is 4.56. The van der Waals surface area contributed by atoms with E-state index >= 15 is 0 Å². The van der Waals surface area contributed by atoms with Gasteiger partial charge >= 0.3 is 5.97 Å². The van der Waals surface area contributed by atoms with Gasteiger partial charge in [0.1, 0.15) is 12.0 Å². The number of rotatable bonds is 2. The highest BCUT2D eigenvalue weighted by atomic mass is 35.5. The van der Waals surface area contributed by atoms with Gasteiger partial charge in [-0.3, -0.25) is 4.79 Å². The van der Waals surface area contributed by atoms with Crippen molar-refractivity contribution in [3.05, 3.63) is 0 Å². The lowest BCUT2D eigenvalue weighted by atomic mass is 10.0. The van der Waals surface area contributed by atoms with Gasteiger partial charge in [-0.2, -0.15) is 0 Å². The van der Waals surface area contributed by atoms with Crippen LogP contribution in [0.3, 0.4) is 0 Å². The second-order valence-corrected chi connectivity index (χ2v) is 4.53. The molecule has 2 heterocycles. The fourth-order valence-electron chi connectivity index (χ4n) is 2.68. The molecule has 4 heteroatoms. The molecular formula is C10H16ClNO2. The minimum Gasteiger partial charge on any atom is -0.461 e. The topological polar surface area (TPSA) is 29.5 Å². The second-order valence-electron chi connectivity index (χ2n) is 4.27. The number of carbonyl (C=O) groups excluding carboxylic acids is 1. The van der Waals surface area contributed by atoms with Crippen molar-refractivity contribution < 1.29 is 9.53 Å². The third-order valence-corrected chi connectivity index (χ3v) is 3.68. The van der Waals surface area contributed by atoms with Crippen molar-refractivity contribution in [3.63, 3.8) is 0 Å². The van der Waals surface area contributed by atoms with E-state index in [1.54, 1.807) is 0 Å². The van der Waals surface area contributed by atoms with Gasteiger partial charge in [-0.1, -0.05) is 0 Å². The van der Waals surface area contributed by atoms with Gasteiger partial charge in [0.2, 0.25) is 0 Å². The molecule has 0 spiro atoms. The summed E-state index contributed by atoms with van der Waals surface area (Å²) in [7, 11) is 2.17. The molecule has 0 aromatic rings. The van der Waals surface area contributed by atoms with Gasteiger partial charge in [0.15, 0.2) is 0 Å². The zero-order valence-electron chi connectivity index (χ0n) is 8.41. The Kier molecular flexibility index (Phi) is 2.98. The molecule has 0 aromatic heterocycles. The van der Waals surface area contributed by atoms with Crippen molar-refractivity contribution in [2.45, 2.75) is 43.9 Å². The highest BCUT2D eigenvalue weighted by molar-refractivity contribution is 6.26. The number of halogens is 1. The lowest BCUT2D eigenvalue weighted by molar-refractivity contribution is -0.149. The normalized spacial score (nSPS) is 37.1. The van der Waals surface area contributed by atoms with Crippen LogP contribution in [0.1, 0.15) is 25.7 Å². The molecule has 0 N–H and O–H groups in total. The first kappa shape index (κ1) is 10.2. The SMILES string of the molecule is CN1C2CCC1CC(OC(=O)CCl)C2. The van der Waals surface area contributed by atoms with Crippen LogP contribution in [0.5, 0.6) is 0 Å². The zero-order valence-corrected chi connectivity index (χ0v) is 9.17. The van der Waals surface area contributed by atoms with E-state index < -0.39 is 0 Å². The zero-order chi connectivity index (χ0) is 10.1. The summed E-state index contributed by atoms with van der Waals surface area (Å²) in [5, 5.41) is 0. The number of piperidine rings is 1. The molecule has 0 amide bonds. The van der Waals surface area contributed by atoms with E-state index in [4.69, 9.17) is 16.3 Å². The summed E-state index contributed by atoms with van der Waals surface area (Å²) in [6.45, 7) is 0. The minimum atomic E-state index is -0.277. The number of alkyl halides is 1.